The number of carboxylic acid groups (broad SMARTS) is 1. The average molecular weight is 650 g/mol. The Morgan fingerprint density at radius 1 is 1.18 bits per heavy atom. The standard InChI is InChI=1S/C25H27N9O8S2/c1-3-32-8-9-33(21(39)20(32)38)24(42)27-15(12-4-6-14(35)7-5-12)18(36)26-16-19(37)34-17(23(40)41)13(10-43-22(16)34)11-44-25-28-29-30-31(25)2/h4-7,15-16,22,35H,3,8-11H2,1-2H3,(H,26,36)(H,27,42)(H,40,41)/t15-,16+,22-/m1/s1/i4D,5D,6D,7D. The van der Waals surface area contributed by atoms with Crippen LogP contribution in [0, 0.1) is 0 Å². The zero-order valence-corrected chi connectivity index (χ0v) is 24.7. The van der Waals surface area contributed by atoms with E-state index in [4.69, 9.17) is 5.48 Å². The van der Waals surface area contributed by atoms with Gasteiger partial charge in [0.1, 0.15) is 28.9 Å². The maximum atomic E-state index is 13.8. The average Bonchev–Trinajstić information content (AvgIpc) is 3.48. The van der Waals surface area contributed by atoms with Gasteiger partial charge in [0.15, 0.2) is 0 Å². The number of hydrogen-bond acceptors (Lipinski definition) is 12. The van der Waals surface area contributed by atoms with Gasteiger partial charge in [-0.05, 0) is 40.6 Å². The van der Waals surface area contributed by atoms with Gasteiger partial charge in [0.05, 0.1) is 5.48 Å². The fourth-order valence-corrected chi connectivity index (χ4v) is 6.96. The number of aliphatic carboxylic acids is 1. The fraction of sp³-hybridized carbons (Fsp3) is 0.400. The van der Waals surface area contributed by atoms with Gasteiger partial charge in [-0.25, -0.2) is 14.3 Å². The summed E-state index contributed by atoms with van der Waals surface area (Å²) in [6, 6.07) is -8.29. The van der Waals surface area contributed by atoms with Crippen molar-refractivity contribution in [2.75, 3.05) is 31.1 Å². The van der Waals surface area contributed by atoms with Gasteiger partial charge in [0, 0.05) is 38.2 Å². The predicted octanol–water partition coefficient (Wildman–Crippen LogP) is -1.11. The number of imide groups is 1. The SMILES string of the molecule is [2H]c1c([2H])c([C@@H](NC(=O)N2CCN(CC)C(=O)C2=O)C(=O)N[C@H]2C(=O)N3C(C(=O)O)=C(CSc4nnnn4C)CS[C@H]23)c([2H])c([2H])c1O. The molecule has 0 bridgehead atoms. The molecule has 1 aromatic heterocycles. The Hall–Kier alpha value is -4.65. The summed E-state index contributed by atoms with van der Waals surface area (Å²) in [5.74, 6) is -6.30. The number of phenols is 1. The number of carboxylic acids is 1. The first-order valence-corrected chi connectivity index (χ1v) is 15.0. The lowest BCUT2D eigenvalue weighted by molar-refractivity contribution is -0.153. The molecule has 44 heavy (non-hydrogen) atoms. The molecule has 5 rings (SSSR count). The normalized spacial score (nSPS) is 22.0. The van der Waals surface area contributed by atoms with E-state index in [9.17, 15) is 39.0 Å². The molecule has 0 spiro atoms. The van der Waals surface area contributed by atoms with Gasteiger partial charge in [-0.15, -0.1) is 16.9 Å². The minimum atomic E-state index is -2.06. The van der Waals surface area contributed by atoms with Crippen molar-refractivity contribution in [2.45, 2.75) is 29.5 Å². The molecule has 3 aliphatic rings. The highest BCUT2D eigenvalue weighted by molar-refractivity contribution is 8.01. The summed E-state index contributed by atoms with van der Waals surface area (Å²) in [6.07, 6.45) is 0. The minimum absolute atomic E-state index is 0.00753. The molecule has 3 aliphatic heterocycles. The molecule has 4 heterocycles. The number of tetrazole rings is 1. The molecule has 17 nitrogen and oxygen atoms in total. The molecule has 2 aromatic rings. The molecule has 2 saturated heterocycles. The first kappa shape index (κ1) is 25.8. The summed E-state index contributed by atoms with van der Waals surface area (Å²) < 4.78 is 34.1. The van der Waals surface area contributed by atoms with E-state index in [0.29, 0.717) is 15.6 Å². The van der Waals surface area contributed by atoms with E-state index in [2.05, 4.69) is 26.2 Å². The molecule has 1 aromatic carbocycles. The van der Waals surface area contributed by atoms with E-state index in [0.717, 1.165) is 28.4 Å². The lowest BCUT2D eigenvalue weighted by Gasteiger charge is -2.49. The van der Waals surface area contributed by atoms with Crippen molar-refractivity contribution in [2.24, 2.45) is 7.05 Å². The van der Waals surface area contributed by atoms with Crippen molar-refractivity contribution in [3.05, 3.63) is 41.0 Å². The highest BCUT2D eigenvalue weighted by Gasteiger charge is 2.54. The number of piperazine rings is 1. The number of aromatic hydroxyl groups is 1. The lowest BCUT2D eigenvalue weighted by Crippen LogP contribution is -2.71. The molecule has 0 saturated carbocycles. The van der Waals surface area contributed by atoms with Gasteiger partial charge in [0.2, 0.25) is 11.1 Å². The number of benzene rings is 1. The quantitative estimate of drug-likeness (QED) is 0.144. The van der Waals surface area contributed by atoms with E-state index >= 15 is 0 Å². The Labute approximate surface area is 263 Å². The first-order chi connectivity index (χ1) is 22.7. The zero-order valence-electron chi connectivity index (χ0n) is 27.1. The molecule has 19 heteroatoms. The monoisotopic (exact) mass is 649 g/mol. The fourth-order valence-electron chi connectivity index (χ4n) is 4.63. The maximum absolute atomic E-state index is 13.8. The molecule has 6 amide bonds. The van der Waals surface area contributed by atoms with Crippen molar-refractivity contribution >= 4 is 59.2 Å². The third kappa shape index (κ3) is 5.79. The van der Waals surface area contributed by atoms with E-state index in [1.807, 2.05) is 0 Å². The highest BCUT2D eigenvalue weighted by Crippen LogP contribution is 2.41. The number of hydrogen-bond donors (Lipinski definition) is 4. The van der Waals surface area contributed by atoms with Crippen LogP contribution in [0.2, 0.25) is 0 Å². The van der Waals surface area contributed by atoms with Gasteiger partial charge in [-0.2, -0.15) is 0 Å². The number of carbonyl (C=O) groups excluding carboxylic acids is 5. The largest absolute Gasteiger partial charge is 0.508 e. The molecule has 0 aliphatic carbocycles. The van der Waals surface area contributed by atoms with E-state index in [1.165, 1.54) is 9.58 Å². The maximum Gasteiger partial charge on any atom is 0.352 e. The Morgan fingerprint density at radius 2 is 1.91 bits per heavy atom. The molecule has 2 fully saturated rings. The summed E-state index contributed by atoms with van der Waals surface area (Å²) in [7, 11) is 1.60. The smallest absolute Gasteiger partial charge is 0.352 e. The zero-order chi connectivity index (χ0) is 35.2. The van der Waals surface area contributed by atoms with Crippen molar-refractivity contribution in [1.29, 1.82) is 0 Å². The van der Waals surface area contributed by atoms with Crippen LogP contribution in [0.3, 0.4) is 0 Å². The number of likely N-dealkylation sites (N-methyl/N-ethyl adjacent to an activating group) is 1. The number of rotatable bonds is 9. The third-order valence-electron chi connectivity index (χ3n) is 6.89. The van der Waals surface area contributed by atoms with Crippen molar-refractivity contribution in [1.82, 2.24) is 45.5 Å². The Morgan fingerprint density at radius 3 is 2.55 bits per heavy atom. The second-order valence-corrected chi connectivity index (χ2v) is 11.6. The Bertz CT molecular complexity index is 1760. The summed E-state index contributed by atoms with van der Waals surface area (Å²) in [6.45, 7) is 1.57. The molecule has 4 N–H and O–H groups in total. The van der Waals surface area contributed by atoms with Crippen LogP contribution in [0.15, 0.2) is 40.6 Å². The molecular weight excluding hydrogens is 618 g/mol. The van der Waals surface area contributed by atoms with Gasteiger partial charge in [0.25, 0.3) is 5.91 Å². The number of urea groups is 1. The van der Waals surface area contributed by atoms with Gasteiger partial charge in [-0.3, -0.25) is 29.0 Å². The van der Waals surface area contributed by atoms with Crippen molar-refractivity contribution < 1.29 is 44.5 Å². The number of nitrogens with zero attached hydrogens (tertiary/aromatic N) is 7. The number of fused-ring (bicyclic) bond motifs is 1. The number of β-lactam (4-membered cyclic amide) rings is 1. The number of nitrogens with one attached hydrogen (secondary N) is 2. The second kappa shape index (κ2) is 12.5. The highest BCUT2D eigenvalue weighted by atomic mass is 32.2. The molecule has 0 unspecified atom stereocenters. The first-order valence-electron chi connectivity index (χ1n) is 14.9. The van der Waals surface area contributed by atoms with Gasteiger partial charge in [-0.1, -0.05) is 23.8 Å². The van der Waals surface area contributed by atoms with Crippen LogP contribution in [0.1, 0.15) is 24.0 Å². The van der Waals surface area contributed by atoms with Crippen LogP contribution < -0.4 is 10.6 Å². The number of aryl methyl sites for hydroxylation is 1. The lowest BCUT2D eigenvalue weighted by atomic mass is 10.0. The molecule has 0 radical (unpaired) electrons. The third-order valence-corrected chi connectivity index (χ3v) is 9.33. The summed E-state index contributed by atoms with van der Waals surface area (Å²) >= 11 is 2.30. The van der Waals surface area contributed by atoms with Crippen LogP contribution in [-0.4, -0.2) is 123 Å². The van der Waals surface area contributed by atoms with Crippen LogP contribution >= 0.6 is 23.5 Å². The molecule has 232 valence electrons. The molecule has 3 atom stereocenters. The molecular formula is C25H27N9O8S2. The number of thioether (sulfide) groups is 2. The topological polar surface area (TPSA) is 220 Å². The Balaban J connectivity index is 1.41. The van der Waals surface area contributed by atoms with Gasteiger partial charge >= 0.3 is 23.8 Å². The van der Waals surface area contributed by atoms with Crippen molar-refractivity contribution in [3.63, 3.8) is 0 Å². The number of aromatic nitrogens is 4. The van der Waals surface area contributed by atoms with Crippen LogP contribution in [0.4, 0.5) is 4.79 Å². The minimum Gasteiger partial charge on any atom is -0.508 e. The Kier molecular flexibility index (Phi) is 7.35. The number of amides is 6. The predicted molar refractivity (Wildman–Crippen MR) is 153 cm³/mol. The number of phenolic OH excluding ortho intramolecular Hbond substituents is 1. The summed E-state index contributed by atoms with van der Waals surface area (Å²) in [4.78, 5) is 80.5. The van der Waals surface area contributed by atoms with Crippen molar-refractivity contribution in [3.8, 4) is 5.75 Å². The van der Waals surface area contributed by atoms with Crippen LogP contribution in [0.25, 0.3) is 0 Å². The van der Waals surface area contributed by atoms with E-state index in [1.54, 1.807) is 14.0 Å². The summed E-state index contributed by atoms with van der Waals surface area (Å²) in [5.41, 5.74) is -0.576. The van der Waals surface area contributed by atoms with Gasteiger partial charge < -0.3 is 25.7 Å². The number of carbonyl (C=O) groups is 6. The van der Waals surface area contributed by atoms with E-state index in [-0.39, 0.29) is 36.8 Å². The van der Waals surface area contributed by atoms with Crippen LogP contribution in [0.5, 0.6) is 5.75 Å². The van der Waals surface area contributed by atoms with Crippen LogP contribution in [-0.2, 0) is 31.0 Å². The van der Waals surface area contributed by atoms with E-state index < -0.39 is 88.6 Å². The summed E-state index contributed by atoms with van der Waals surface area (Å²) in [5, 5.41) is 35.2. The second-order valence-electron chi connectivity index (χ2n) is 9.51.